The van der Waals surface area contributed by atoms with E-state index < -0.39 is 6.10 Å². The van der Waals surface area contributed by atoms with Gasteiger partial charge in [-0.05, 0) is 48.6 Å². The zero-order chi connectivity index (χ0) is 16.4. The number of aromatic amines is 1. The van der Waals surface area contributed by atoms with E-state index in [1.807, 2.05) is 37.3 Å². The minimum absolute atomic E-state index is 0.179. The van der Waals surface area contributed by atoms with Crippen LogP contribution in [0.5, 0.6) is 5.75 Å². The predicted octanol–water partition coefficient (Wildman–Crippen LogP) is 3.47. The van der Waals surface area contributed by atoms with Crippen molar-refractivity contribution in [3.63, 3.8) is 0 Å². The van der Waals surface area contributed by atoms with Crippen molar-refractivity contribution in [2.45, 2.75) is 20.0 Å². The number of carbonyl (C=O) groups excluding carboxylic acids is 1. The van der Waals surface area contributed by atoms with Gasteiger partial charge in [-0.1, -0.05) is 24.3 Å². The summed E-state index contributed by atoms with van der Waals surface area (Å²) < 4.78 is 5.48. The molecular formula is C19H17NO3. The summed E-state index contributed by atoms with van der Waals surface area (Å²) in [6.07, 6.45) is 1.91. The van der Waals surface area contributed by atoms with E-state index in [0.717, 1.165) is 28.4 Å². The molecule has 23 heavy (non-hydrogen) atoms. The van der Waals surface area contributed by atoms with Crippen molar-refractivity contribution in [1.29, 1.82) is 0 Å². The maximum Gasteiger partial charge on any atom is 0.255 e. The second-order valence-electron chi connectivity index (χ2n) is 5.51. The number of aldehydes is 1. The molecule has 0 amide bonds. The molecule has 0 aliphatic heterocycles. The molecule has 1 heterocycles. The quantitative estimate of drug-likeness (QED) is 0.751. The third kappa shape index (κ3) is 2.88. The van der Waals surface area contributed by atoms with Crippen LogP contribution in [0.15, 0.2) is 53.5 Å². The van der Waals surface area contributed by atoms with Gasteiger partial charge in [0.1, 0.15) is 5.75 Å². The van der Waals surface area contributed by atoms with Gasteiger partial charge in [-0.15, -0.1) is 0 Å². The Morgan fingerprint density at radius 1 is 1.09 bits per heavy atom. The van der Waals surface area contributed by atoms with Crippen LogP contribution in [0.3, 0.4) is 0 Å². The van der Waals surface area contributed by atoms with Crippen LogP contribution < -0.4 is 10.3 Å². The summed E-state index contributed by atoms with van der Waals surface area (Å²) in [6, 6.07) is 13.3. The van der Waals surface area contributed by atoms with Gasteiger partial charge >= 0.3 is 0 Å². The van der Waals surface area contributed by atoms with Crippen molar-refractivity contribution in [3.05, 3.63) is 64.6 Å². The molecule has 0 radical (unpaired) electrons. The van der Waals surface area contributed by atoms with Crippen LogP contribution in [0.2, 0.25) is 0 Å². The molecular weight excluding hydrogens is 290 g/mol. The van der Waals surface area contributed by atoms with E-state index in [1.165, 1.54) is 0 Å². The van der Waals surface area contributed by atoms with Crippen LogP contribution >= 0.6 is 0 Å². The fourth-order valence-corrected chi connectivity index (χ4v) is 2.65. The maximum atomic E-state index is 12.2. The van der Waals surface area contributed by atoms with Gasteiger partial charge in [-0.25, -0.2) is 0 Å². The Morgan fingerprint density at radius 3 is 2.61 bits per heavy atom. The first kappa shape index (κ1) is 15.0. The molecule has 1 atom stereocenters. The molecule has 3 rings (SSSR count). The maximum absolute atomic E-state index is 12.2. The van der Waals surface area contributed by atoms with Gasteiger partial charge in [0.15, 0.2) is 12.4 Å². The molecule has 0 unspecified atom stereocenters. The van der Waals surface area contributed by atoms with Crippen LogP contribution in [0, 0.1) is 6.92 Å². The molecule has 2 aromatic carbocycles. The molecule has 4 nitrogen and oxygen atoms in total. The van der Waals surface area contributed by atoms with Gasteiger partial charge in [0.25, 0.3) is 5.56 Å². The first-order chi connectivity index (χ1) is 11.1. The molecule has 4 heteroatoms. The van der Waals surface area contributed by atoms with E-state index in [0.29, 0.717) is 11.1 Å². The Morgan fingerprint density at radius 2 is 1.87 bits per heavy atom. The number of aromatic nitrogens is 1. The van der Waals surface area contributed by atoms with E-state index >= 15 is 0 Å². The van der Waals surface area contributed by atoms with Gasteiger partial charge in [0, 0.05) is 11.8 Å². The van der Waals surface area contributed by atoms with E-state index in [1.54, 1.807) is 25.3 Å². The summed E-state index contributed by atoms with van der Waals surface area (Å²) in [5.41, 5.74) is 2.99. The number of carbonyl (C=O) groups is 1. The van der Waals surface area contributed by atoms with Crippen LogP contribution in [0.25, 0.3) is 21.9 Å². The van der Waals surface area contributed by atoms with E-state index in [9.17, 15) is 9.59 Å². The number of aryl methyl sites for hydroxylation is 1. The minimum Gasteiger partial charge on any atom is -0.483 e. The van der Waals surface area contributed by atoms with Gasteiger partial charge in [-0.2, -0.15) is 0 Å². The number of nitrogens with one attached hydrogen (secondary N) is 1. The Hall–Kier alpha value is -2.88. The Balaban J connectivity index is 2.19. The molecule has 0 spiro atoms. The normalized spacial score (nSPS) is 12.1. The van der Waals surface area contributed by atoms with Crippen molar-refractivity contribution >= 4 is 17.1 Å². The average Bonchev–Trinajstić information content (AvgIpc) is 2.56. The van der Waals surface area contributed by atoms with E-state index in [4.69, 9.17) is 4.74 Å². The molecule has 1 N–H and O–H groups in total. The summed E-state index contributed by atoms with van der Waals surface area (Å²) in [4.78, 5) is 25.7. The van der Waals surface area contributed by atoms with Gasteiger partial charge in [-0.3, -0.25) is 9.59 Å². The fourth-order valence-electron chi connectivity index (χ4n) is 2.65. The zero-order valence-corrected chi connectivity index (χ0v) is 13.0. The average molecular weight is 307 g/mol. The highest BCUT2D eigenvalue weighted by Gasteiger charge is 2.11. The molecule has 0 bridgehead atoms. The smallest absolute Gasteiger partial charge is 0.255 e. The summed E-state index contributed by atoms with van der Waals surface area (Å²) in [5, 5.41) is 1.40. The largest absolute Gasteiger partial charge is 0.483 e. The van der Waals surface area contributed by atoms with Crippen LogP contribution in [0.1, 0.15) is 12.5 Å². The molecule has 0 aliphatic rings. The monoisotopic (exact) mass is 307 g/mol. The molecule has 0 aliphatic carbocycles. The van der Waals surface area contributed by atoms with Crippen molar-refractivity contribution in [2.75, 3.05) is 0 Å². The lowest BCUT2D eigenvalue weighted by Gasteiger charge is -2.12. The van der Waals surface area contributed by atoms with Crippen LogP contribution in [-0.4, -0.2) is 17.4 Å². The second-order valence-corrected chi connectivity index (χ2v) is 5.51. The van der Waals surface area contributed by atoms with E-state index in [-0.39, 0.29) is 5.56 Å². The third-order valence-corrected chi connectivity index (χ3v) is 3.82. The van der Waals surface area contributed by atoms with Crippen LogP contribution in [0.4, 0.5) is 0 Å². The van der Waals surface area contributed by atoms with Crippen molar-refractivity contribution in [3.8, 4) is 16.9 Å². The lowest BCUT2D eigenvalue weighted by molar-refractivity contribution is -0.113. The summed E-state index contributed by atoms with van der Waals surface area (Å²) in [5.74, 6) is 0.504. The topological polar surface area (TPSA) is 59.2 Å². The summed E-state index contributed by atoms with van der Waals surface area (Å²) in [7, 11) is 0. The second kappa shape index (κ2) is 6.08. The highest BCUT2D eigenvalue weighted by molar-refractivity contribution is 5.97. The highest BCUT2D eigenvalue weighted by Crippen LogP contribution is 2.30. The van der Waals surface area contributed by atoms with Gasteiger partial charge in [0.2, 0.25) is 0 Å². The van der Waals surface area contributed by atoms with Gasteiger partial charge in [0.05, 0.1) is 5.39 Å². The number of ether oxygens (including phenoxy) is 1. The van der Waals surface area contributed by atoms with Gasteiger partial charge < -0.3 is 9.72 Å². The lowest BCUT2D eigenvalue weighted by atomic mass is 9.97. The Bertz CT molecular complexity index is 927. The number of hydrogen-bond donors (Lipinski definition) is 1. The standard InChI is InChI=1S/C19H17NO3/c1-12-5-3-4-6-15(12)18-10-20-19(22)17-9-14(7-8-16(17)18)23-13(2)11-21/h3-11,13H,1-2H3,(H,20,22)/t13-/m1/s1. The number of rotatable bonds is 4. The number of fused-ring (bicyclic) bond motifs is 1. The molecule has 0 fully saturated rings. The fraction of sp³-hybridized carbons (Fsp3) is 0.158. The van der Waals surface area contributed by atoms with Crippen molar-refractivity contribution in [2.24, 2.45) is 0 Å². The number of pyridine rings is 1. The Kier molecular flexibility index (Phi) is 3.98. The lowest BCUT2D eigenvalue weighted by Crippen LogP contribution is -2.13. The molecule has 116 valence electrons. The zero-order valence-electron chi connectivity index (χ0n) is 13.0. The molecule has 3 aromatic rings. The highest BCUT2D eigenvalue weighted by atomic mass is 16.5. The molecule has 0 saturated heterocycles. The number of hydrogen-bond acceptors (Lipinski definition) is 3. The molecule has 1 aromatic heterocycles. The first-order valence-electron chi connectivity index (χ1n) is 7.43. The van der Waals surface area contributed by atoms with E-state index in [2.05, 4.69) is 4.98 Å². The predicted molar refractivity (Wildman–Crippen MR) is 90.9 cm³/mol. The first-order valence-corrected chi connectivity index (χ1v) is 7.43. The van der Waals surface area contributed by atoms with Crippen molar-refractivity contribution in [1.82, 2.24) is 4.98 Å². The summed E-state index contributed by atoms with van der Waals surface area (Å²) >= 11 is 0. The summed E-state index contributed by atoms with van der Waals surface area (Å²) in [6.45, 7) is 3.70. The Labute approximate surface area is 133 Å². The SMILES string of the molecule is Cc1ccccc1-c1c[nH]c(=O)c2cc(O[C@H](C)C=O)ccc12. The number of H-pyrrole nitrogens is 1. The van der Waals surface area contributed by atoms with Crippen molar-refractivity contribution < 1.29 is 9.53 Å². The van der Waals surface area contributed by atoms with Crippen LogP contribution in [-0.2, 0) is 4.79 Å². The number of benzene rings is 2. The third-order valence-electron chi connectivity index (χ3n) is 3.82. The minimum atomic E-state index is -0.550. The molecule has 0 saturated carbocycles.